The molecule has 2 saturated heterocycles. The Kier molecular flexibility index (Phi) is 6.31. The summed E-state index contributed by atoms with van der Waals surface area (Å²) in [6.45, 7) is 5.38. The molecule has 1 aromatic carbocycles. The topological polar surface area (TPSA) is 113 Å². The Morgan fingerprint density at radius 1 is 1.29 bits per heavy atom. The molecule has 0 bridgehead atoms. The van der Waals surface area contributed by atoms with Gasteiger partial charge in [-0.2, -0.15) is 0 Å². The molecule has 2 aliphatic heterocycles. The molecule has 10 heteroatoms. The number of methoxy groups -OCH3 is 1. The van der Waals surface area contributed by atoms with Crippen LogP contribution in [-0.4, -0.2) is 73.8 Å². The number of hydrogen-bond donors (Lipinski definition) is 1. The number of amides is 4. The highest BCUT2D eigenvalue weighted by Crippen LogP contribution is 2.30. The van der Waals surface area contributed by atoms with Gasteiger partial charge in [0.1, 0.15) is 17.8 Å². The van der Waals surface area contributed by atoms with Crippen molar-refractivity contribution >= 4 is 27.7 Å². The number of urea groups is 1. The van der Waals surface area contributed by atoms with Gasteiger partial charge in [-0.25, -0.2) is 13.2 Å². The van der Waals surface area contributed by atoms with E-state index in [2.05, 4.69) is 5.32 Å². The first-order valence-electron chi connectivity index (χ1n) is 10.3. The lowest BCUT2D eigenvalue weighted by atomic mass is 9.92. The predicted molar refractivity (Wildman–Crippen MR) is 114 cm³/mol. The van der Waals surface area contributed by atoms with Gasteiger partial charge < -0.3 is 15.0 Å². The minimum absolute atomic E-state index is 0.0399. The minimum Gasteiger partial charge on any atom is -0.497 e. The highest BCUT2D eigenvalue weighted by Gasteiger charge is 2.50. The second kappa shape index (κ2) is 8.49. The third kappa shape index (κ3) is 4.68. The van der Waals surface area contributed by atoms with Gasteiger partial charge in [0.05, 0.1) is 18.6 Å². The van der Waals surface area contributed by atoms with Gasteiger partial charge in [0.2, 0.25) is 5.91 Å². The molecular weight excluding hydrogens is 422 g/mol. The molecule has 2 fully saturated rings. The number of rotatable bonds is 7. The second-order valence-electron chi connectivity index (χ2n) is 8.67. The quantitative estimate of drug-likeness (QED) is 0.622. The fraction of sp³-hybridized carbons (Fsp3) is 0.571. The van der Waals surface area contributed by atoms with Gasteiger partial charge in [-0.3, -0.25) is 14.5 Å². The first-order chi connectivity index (χ1) is 14.5. The van der Waals surface area contributed by atoms with Crippen LogP contribution >= 0.6 is 0 Å². The summed E-state index contributed by atoms with van der Waals surface area (Å²) in [5.41, 5.74) is -0.731. The van der Waals surface area contributed by atoms with Crippen LogP contribution in [0.5, 0.6) is 5.75 Å². The maximum atomic E-state index is 13.1. The molecule has 2 heterocycles. The Labute approximate surface area is 182 Å². The Hall–Kier alpha value is -2.62. The molecule has 2 atom stereocenters. The zero-order valence-corrected chi connectivity index (χ0v) is 19.1. The van der Waals surface area contributed by atoms with Crippen molar-refractivity contribution in [2.45, 2.75) is 38.8 Å². The van der Waals surface area contributed by atoms with E-state index in [-0.39, 0.29) is 17.4 Å². The number of imide groups is 1. The lowest BCUT2D eigenvalue weighted by Crippen LogP contribution is -2.49. The summed E-state index contributed by atoms with van der Waals surface area (Å²) < 4.78 is 29.0. The fourth-order valence-electron chi connectivity index (χ4n) is 4.06. The number of nitrogens with one attached hydrogen (secondary N) is 1. The van der Waals surface area contributed by atoms with Crippen LogP contribution in [0.3, 0.4) is 0 Å². The van der Waals surface area contributed by atoms with Crippen LogP contribution in [0.4, 0.5) is 4.79 Å². The Morgan fingerprint density at radius 3 is 2.45 bits per heavy atom. The average molecular weight is 452 g/mol. The average Bonchev–Trinajstić information content (AvgIpc) is 3.17. The summed E-state index contributed by atoms with van der Waals surface area (Å²) in [6.07, 6.45) is 0.366. The molecule has 0 aliphatic carbocycles. The Bertz CT molecular complexity index is 975. The molecule has 9 nitrogen and oxygen atoms in total. The van der Waals surface area contributed by atoms with Gasteiger partial charge in [-0.05, 0) is 37.0 Å². The summed E-state index contributed by atoms with van der Waals surface area (Å²) >= 11 is 0. The van der Waals surface area contributed by atoms with E-state index >= 15 is 0 Å². The van der Waals surface area contributed by atoms with Crippen LogP contribution in [-0.2, 0) is 25.0 Å². The SMILES string of the molecule is COc1ccc([C@]2(C)NC(=O)N(CC(=O)N(CC(C)C)[C@H]3CCS(=O)(=O)C3)C2=O)cc1. The molecule has 0 aromatic heterocycles. The summed E-state index contributed by atoms with van der Waals surface area (Å²) in [5, 5.41) is 2.68. The summed E-state index contributed by atoms with van der Waals surface area (Å²) in [5.74, 6) is -0.280. The van der Waals surface area contributed by atoms with Gasteiger partial charge in [0.15, 0.2) is 9.84 Å². The molecule has 3 rings (SSSR count). The first kappa shape index (κ1) is 23.1. The molecule has 2 aliphatic rings. The third-order valence-electron chi connectivity index (χ3n) is 5.77. The zero-order chi connectivity index (χ0) is 23.0. The standard InChI is InChI=1S/C21H29N3O6S/c1-14(2)11-23(16-9-10-31(28,29)13-16)18(25)12-24-19(26)21(3,22-20(24)27)15-5-7-17(30-4)8-6-15/h5-8,14,16H,9-13H2,1-4H3,(H,22,27)/t16-,21-/m0/s1. The van der Waals surface area contributed by atoms with Crippen LogP contribution < -0.4 is 10.1 Å². The smallest absolute Gasteiger partial charge is 0.325 e. The molecule has 31 heavy (non-hydrogen) atoms. The second-order valence-corrected chi connectivity index (χ2v) is 10.9. The summed E-state index contributed by atoms with van der Waals surface area (Å²) in [7, 11) is -1.65. The van der Waals surface area contributed by atoms with Crippen molar-refractivity contribution < 1.29 is 27.5 Å². The molecule has 1 N–H and O–H groups in total. The van der Waals surface area contributed by atoms with Crippen molar-refractivity contribution in [3.8, 4) is 5.75 Å². The molecule has 0 saturated carbocycles. The van der Waals surface area contributed by atoms with Gasteiger partial charge in [0.25, 0.3) is 5.91 Å². The van der Waals surface area contributed by atoms with E-state index in [1.807, 2.05) is 13.8 Å². The molecule has 1 aromatic rings. The molecule has 170 valence electrons. The van der Waals surface area contributed by atoms with Gasteiger partial charge in [0, 0.05) is 12.6 Å². The number of hydrogen-bond acceptors (Lipinski definition) is 6. The van der Waals surface area contributed by atoms with Crippen LogP contribution in [0.1, 0.15) is 32.8 Å². The Balaban J connectivity index is 1.79. The van der Waals surface area contributed by atoms with E-state index in [1.54, 1.807) is 31.2 Å². The maximum absolute atomic E-state index is 13.1. The van der Waals surface area contributed by atoms with Crippen molar-refractivity contribution in [1.82, 2.24) is 15.1 Å². The number of sulfone groups is 1. The van der Waals surface area contributed by atoms with Crippen LogP contribution in [0, 0.1) is 5.92 Å². The largest absolute Gasteiger partial charge is 0.497 e. The Morgan fingerprint density at radius 2 is 1.94 bits per heavy atom. The number of nitrogens with zero attached hydrogens (tertiary/aromatic N) is 2. The van der Waals surface area contributed by atoms with Crippen LogP contribution in [0.25, 0.3) is 0 Å². The van der Waals surface area contributed by atoms with Crippen molar-refractivity contribution in [1.29, 1.82) is 0 Å². The monoisotopic (exact) mass is 451 g/mol. The van der Waals surface area contributed by atoms with E-state index in [1.165, 1.54) is 12.0 Å². The highest BCUT2D eigenvalue weighted by atomic mass is 32.2. The van der Waals surface area contributed by atoms with E-state index < -0.39 is 45.8 Å². The number of ether oxygens (including phenoxy) is 1. The summed E-state index contributed by atoms with van der Waals surface area (Å²) in [4.78, 5) is 41.3. The lowest BCUT2D eigenvalue weighted by Gasteiger charge is -2.31. The van der Waals surface area contributed by atoms with Crippen LogP contribution in [0.2, 0.25) is 0 Å². The normalized spacial score (nSPS) is 25.1. The van der Waals surface area contributed by atoms with Gasteiger partial charge in [-0.15, -0.1) is 0 Å². The molecule has 0 radical (unpaired) electrons. The first-order valence-corrected chi connectivity index (χ1v) is 12.1. The van der Waals surface area contributed by atoms with Crippen molar-refractivity contribution in [2.75, 3.05) is 31.7 Å². The number of benzene rings is 1. The minimum atomic E-state index is -3.18. The number of carbonyl (C=O) groups excluding carboxylic acids is 3. The van der Waals surface area contributed by atoms with Crippen molar-refractivity contribution in [3.05, 3.63) is 29.8 Å². The predicted octanol–water partition coefficient (Wildman–Crippen LogP) is 1.13. The van der Waals surface area contributed by atoms with Crippen molar-refractivity contribution in [3.63, 3.8) is 0 Å². The maximum Gasteiger partial charge on any atom is 0.325 e. The molecular formula is C21H29N3O6S. The fourth-order valence-corrected chi connectivity index (χ4v) is 5.79. The molecule has 4 amide bonds. The molecule has 0 spiro atoms. The third-order valence-corrected chi connectivity index (χ3v) is 7.52. The van der Waals surface area contributed by atoms with Gasteiger partial charge >= 0.3 is 6.03 Å². The van der Waals surface area contributed by atoms with Crippen LogP contribution in [0.15, 0.2) is 24.3 Å². The molecule has 0 unspecified atom stereocenters. The number of carbonyl (C=O) groups is 3. The van der Waals surface area contributed by atoms with E-state index in [9.17, 15) is 22.8 Å². The van der Waals surface area contributed by atoms with E-state index in [0.717, 1.165) is 4.90 Å². The zero-order valence-electron chi connectivity index (χ0n) is 18.3. The highest BCUT2D eigenvalue weighted by molar-refractivity contribution is 7.91. The van der Waals surface area contributed by atoms with Crippen molar-refractivity contribution in [2.24, 2.45) is 5.92 Å². The summed E-state index contributed by atoms with van der Waals surface area (Å²) in [6, 6.07) is 5.68. The van der Waals surface area contributed by atoms with E-state index in [4.69, 9.17) is 4.74 Å². The van der Waals surface area contributed by atoms with Gasteiger partial charge in [-0.1, -0.05) is 26.0 Å². The lowest BCUT2D eigenvalue weighted by molar-refractivity contribution is -0.140. The van der Waals surface area contributed by atoms with E-state index in [0.29, 0.717) is 24.3 Å².